The molecule has 248 valence electrons. The van der Waals surface area contributed by atoms with E-state index in [4.69, 9.17) is 5.73 Å². The van der Waals surface area contributed by atoms with E-state index in [1.807, 2.05) is 0 Å². The Balaban J connectivity index is 3.46. The molecule has 0 aromatic heterocycles. The molecule has 0 radical (unpaired) electrons. The molecule has 0 unspecified atom stereocenters. The molecule has 0 spiro atoms. The summed E-state index contributed by atoms with van der Waals surface area (Å²) >= 11 is 0. The number of hydrogen-bond donors (Lipinski definition) is 1. The fraction of sp³-hybridized carbons (Fsp3) is 1.00. The van der Waals surface area contributed by atoms with Gasteiger partial charge in [-0.05, 0) is 57.3 Å². The molecule has 2 nitrogen and oxygen atoms in total. The van der Waals surface area contributed by atoms with Crippen molar-refractivity contribution >= 4 is 0 Å². The molecule has 0 rings (SSSR count). The summed E-state index contributed by atoms with van der Waals surface area (Å²) in [6, 6.07) is 0. The number of hydrogen-bond acceptors (Lipinski definition) is 2. The Morgan fingerprint density at radius 1 is 0.317 bits per heavy atom. The molecule has 0 aromatic carbocycles. The summed E-state index contributed by atoms with van der Waals surface area (Å²) in [5.41, 5.74) is 5.83. The molecule has 0 aliphatic rings. The van der Waals surface area contributed by atoms with Crippen molar-refractivity contribution in [2.24, 2.45) is 17.6 Å². The molecule has 0 amide bonds. The van der Waals surface area contributed by atoms with Crippen LogP contribution in [0, 0.1) is 11.8 Å². The number of nitrogens with zero attached hydrogens (tertiary/aromatic N) is 1. The first-order valence-electron chi connectivity index (χ1n) is 19.5. The molecule has 0 saturated carbocycles. The number of nitrogens with two attached hydrogens (primary N) is 1. The lowest BCUT2D eigenvalue weighted by Gasteiger charge is -2.22. The van der Waals surface area contributed by atoms with Crippen LogP contribution in [0.1, 0.15) is 214 Å². The Morgan fingerprint density at radius 3 is 0.780 bits per heavy atom. The molecule has 0 bridgehead atoms. The first-order valence-corrected chi connectivity index (χ1v) is 19.5. The number of unbranched alkanes of at least 4 members (excludes halogenated alkanes) is 24. The Bertz CT molecular complexity index is 422. The fourth-order valence-corrected chi connectivity index (χ4v) is 6.32. The third-order valence-corrected chi connectivity index (χ3v) is 9.19. The molecule has 0 heterocycles. The molecule has 41 heavy (non-hydrogen) atoms. The maximum absolute atomic E-state index is 5.83. The van der Waals surface area contributed by atoms with E-state index in [1.165, 1.54) is 199 Å². The molecule has 2 heteroatoms. The summed E-state index contributed by atoms with van der Waals surface area (Å²) in [5.74, 6) is 1.77. The van der Waals surface area contributed by atoms with Crippen LogP contribution >= 0.6 is 0 Å². The molecule has 0 atom stereocenters. The van der Waals surface area contributed by atoms with Gasteiger partial charge in [-0.25, -0.2) is 0 Å². The van der Waals surface area contributed by atoms with Gasteiger partial charge < -0.3 is 10.6 Å². The summed E-state index contributed by atoms with van der Waals surface area (Å²) in [6.07, 6.45) is 41.8. The van der Waals surface area contributed by atoms with E-state index >= 15 is 0 Å². The first kappa shape index (κ1) is 40.9. The standard InChI is InChI=1S/C39H82N2/c1-38(2)32-27-23-19-15-11-7-5-9-13-17-21-25-29-35-41(37-31-34-40)36-30-26-22-18-14-10-6-8-12-16-20-24-28-33-39(3)4/h38-39H,5-37,40H2,1-4H3. The van der Waals surface area contributed by atoms with Gasteiger partial charge in [0.05, 0.1) is 0 Å². The Labute approximate surface area is 262 Å². The molecule has 0 aliphatic carbocycles. The fourth-order valence-electron chi connectivity index (χ4n) is 6.32. The lowest BCUT2D eigenvalue weighted by molar-refractivity contribution is 0.258. The van der Waals surface area contributed by atoms with E-state index in [-0.39, 0.29) is 0 Å². The van der Waals surface area contributed by atoms with E-state index in [9.17, 15) is 0 Å². The van der Waals surface area contributed by atoms with Gasteiger partial charge in [-0.3, -0.25) is 0 Å². The summed E-state index contributed by atoms with van der Waals surface area (Å²) < 4.78 is 0. The largest absolute Gasteiger partial charge is 0.330 e. The Morgan fingerprint density at radius 2 is 0.537 bits per heavy atom. The monoisotopic (exact) mass is 579 g/mol. The highest BCUT2D eigenvalue weighted by Crippen LogP contribution is 2.16. The van der Waals surface area contributed by atoms with Gasteiger partial charge in [-0.2, -0.15) is 0 Å². The average molecular weight is 579 g/mol. The van der Waals surface area contributed by atoms with Gasteiger partial charge in [0.2, 0.25) is 0 Å². The first-order chi connectivity index (χ1) is 20.1. The normalized spacial score (nSPS) is 12.0. The summed E-state index contributed by atoms with van der Waals surface area (Å²) in [7, 11) is 0. The number of rotatable bonds is 35. The lowest BCUT2D eigenvalue weighted by atomic mass is 10.0. The van der Waals surface area contributed by atoms with Gasteiger partial charge in [0.1, 0.15) is 0 Å². The summed E-state index contributed by atoms with van der Waals surface area (Å²) in [6.45, 7) is 14.0. The third-order valence-electron chi connectivity index (χ3n) is 9.19. The van der Waals surface area contributed by atoms with Crippen LogP contribution in [-0.4, -0.2) is 31.1 Å². The van der Waals surface area contributed by atoms with Gasteiger partial charge >= 0.3 is 0 Å². The van der Waals surface area contributed by atoms with Gasteiger partial charge in [0.25, 0.3) is 0 Å². The maximum Gasteiger partial charge on any atom is -0.000672 e. The van der Waals surface area contributed by atoms with E-state index in [0.29, 0.717) is 0 Å². The second-order valence-electron chi connectivity index (χ2n) is 14.5. The zero-order chi connectivity index (χ0) is 30.1. The molecule has 0 saturated heterocycles. The van der Waals surface area contributed by atoms with Crippen molar-refractivity contribution in [2.45, 2.75) is 214 Å². The van der Waals surface area contributed by atoms with Crippen molar-refractivity contribution < 1.29 is 0 Å². The van der Waals surface area contributed by atoms with Crippen molar-refractivity contribution in [3.05, 3.63) is 0 Å². The van der Waals surface area contributed by atoms with Crippen LogP contribution in [0.5, 0.6) is 0 Å². The van der Waals surface area contributed by atoms with Crippen molar-refractivity contribution in [2.75, 3.05) is 26.2 Å². The minimum absolute atomic E-state index is 0.840. The molecular formula is C39H82N2. The second-order valence-corrected chi connectivity index (χ2v) is 14.5. The molecule has 0 aliphatic heterocycles. The Hall–Kier alpha value is -0.0800. The highest BCUT2D eigenvalue weighted by Gasteiger charge is 2.05. The summed E-state index contributed by atoms with van der Waals surface area (Å²) in [5, 5.41) is 0. The van der Waals surface area contributed by atoms with E-state index in [1.54, 1.807) is 0 Å². The van der Waals surface area contributed by atoms with E-state index in [0.717, 1.165) is 24.8 Å². The summed E-state index contributed by atoms with van der Waals surface area (Å²) in [4.78, 5) is 2.72. The van der Waals surface area contributed by atoms with Gasteiger partial charge in [-0.15, -0.1) is 0 Å². The van der Waals surface area contributed by atoms with Crippen molar-refractivity contribution in [3.8, 4) is 0 Å². The van der Waals surface area contributed by atoms with Crippen LogP contribution in [0.15, 0.2) is 0 Å². The SMILES string of the molecule is CC(C)CCCCCCCCCCCCCCCN(CCCN)CCCCCCCCCCCCCCCC(C)C. The van der Waals surface area contributed by atoms with E-state index < -0.39 is 0 Å². The van der Waals surface area contributed by atoms with Crippen molar-refractivity contribution in [1.82, 2.24) is 4.90 Å². The maximum atomic E-state index is 5.83. The zero-order valence-corrected chi connectivity index (χ0v) is 29.5. The highest BCUT2D eigenvalue weighted by atomic mass is 15.1. The second kappa shape index (κ2) is 34.4. The van der Waals surface area contributed by atoms with E-state index in [2.05, 4.69) is 32.6 Å². The smallest absolute Gasteiger partial charge is 0.000672 e. The predicted molar refractivity (Wildman–Crippen MR) is 189 cm³/mol. The molecular weight excluding hydrogens is 496 g/mol. The van der Waals surface area contributed by atoms with Crippen LogP contribution in [0.4, 0.5) is 0 Å². The van der Waals surface area contributed by atoms with Crippen LogP contribution in [0.25, 0.3) is 0 Å². The molecule has 0 fully saturated rings. The van der Waals surface area contributed by atoms with Crippen molar-refractivity contribution in [1.29, 1.82) is 0 Å². The zero-order valence-electron chi connectivity index (χ0n) is 29.5. The minimum Gasteiger partial charge on any atom is -0.330 e. The molecule has 2 N–H and O–H groups in total. The quantitative estimate of drug-likeness (QED) is 0.0758. The topological polar surface area (TPSA) is 29.3 Å². The highest BCUT2D eigenvalue weighted by molar-refractivity contribution is 4.61. The van der Waals surface area contributed by atoms with Gasteiger partial charge in [-0.1, -0.05) is 195 Å². The predicted octanol–water partition coefficient (Wildman–Crippen LogP) is 12.9. The Kier molecular flexibility index (Phi) is 34.3. The molecule has 0 aromatic rings. The van der Waals surface area contributed by atoms with Crippen molar-refractivity contribution in [3.63, 3.8) is 0 Å². The average Bonchev–Trinajstić information content (AvgIpc) is 2.94. The van der Waals surface area contributed by atoms with Crippen LogP contribution in [0.2, 0.25) is 0 Å². The van der Waals surface area contributed by atoms with Crippen LogP contribution < -0.4 is 5.73 Å². The van der Waals surface area contributed by atoms with Crippen LogP contribution in [-0.2, 0) is 0 Å². The van der Waals surface area contributed by atoms with Gasteiger partial charge in [0, 0.05) is 0 Å². The third kappa shape index (κ3) is 36.0. The minimum atomic E-state index is 0.840. The lowest BCUT2D eigenvalue weighted by Crippen LogP contribution is -2.28. The van der Waals surface area contributed by atoms with Crippen LogP contribution in [0.3, 0.4) is 0 Å². The van der Waals surface area contributed by atoms with Gasteiger partial charge in [0.15, 0.2) is 0 Å².